The van der Waals surface area contributed by atoms with Crippen molar-refractivity contribution in [3.8, 4) is 11.8 Å². The Morgan fingerprint density at radius 3 is 2.66 bits per heavy atom. The zero-order valence-corrected chi connectivity index (χ0v) is 17.6. The third-order valence-corrected chi connectivity index (χ3v) is 6.17. The highest BCUT2D eigenvalue weighted by Crippen LogP contribution is 2.28. The van der Waals surface area contributed by atoms with Crippen LogP contribution in [0.5, 0.6) is 5.75 Å². The van der Waals surface area contributed by atoms with Crippen molar-refractivity contribution in [2.45, 2.75) is 51.5 Å². The fraction of sp³-hybridized carbons (Fsp3) is 0.652. The molecule has 3 rings (SSSR count). The number of hydrogen-bond donors (Lipinski definition) is 1. The number of nitrogens with one attached hydrogen (secondary N) is 1. The molecular weight excluding hydrogens is 364 g/mol. The van der Waals surface area contributed by atoms with Crippen LogP contribution in [0, 0.1) is 17.2 Å². The fourth-order valence-electron chi connectivity index (χ4n) is 4.48. The van der Waals surface area contributed by atoms with Crippen LogP contribution in [0.25, 0.3) is 0 Å². The van der Waals surface area contributed by atoms with E-state index in [0.29, 0.717) is 6.61 Å². The topological polar surface area (TPSA) is 68.6 Å². The molecule has 1 heterocycles. The molecule has 1 amide bonds. The third kappa shape index (κ3) is 6.64. The van der Waals surface area contributed by atoms with Crippen molar-refractivity contribution in [1.82, 2.24) is 10.2 Å². The van der Waals surface area contributed by atoms with E-state index in [2.05, 4.69) is 33.3 Å². The number of amides is 1. The van der Waals surface area contributed by atoms with Crippen molar-refractivity contribution >= 4 is 11.6 Å². The molecule has 0 bridgehead atoms. The van der Waals surface area contributed by atoms with Gasteiger partial charge in [-0.1, -0.05) is 6.07 Å². The molecule has 2 fully saturated rings. The summed E-state index contributed by atoms with van der Waals surface area (Å²) in [5.41, 5.74) is 1.26. The molecule has 158 valence electrons. The van der Waals surface area contributed by atoms with E-state index in [9.17, 15) is 4.79 Å². The van der Waals surface area contributed by atoms with E-state index in [1.54, 1.807) is 0 Å². The Bertz CT molecular complexity index is 686. The standard InChI is InChI=1S/C23H34N4O2/c1-2-29-22-5-3-4-21(18-22)27-16-14-26(15-17-27)13-11-19-6-8-20(9-7-19)25-23(28)10-12-24/h3-5,18-20H,2,6-11,13-17H2,1H3,(H,25,28). The van der Waals surface area contributed by atoms with Gasteiger partial charge in [0.05, 0.1) is 12.7 Å². The largest absolute Gasteiger partial charge is 0.494 e. The fourth-order valence-corrected chi connectivity index (χ4v) is 4.48. The number of nitrogens with zero attached hydrogens (tertiary/aromatic N) is 3. The highest BCUT2D eigenvalue weighted by atomic mass is 16.5. The van der Waals surface area contributed by atoms with Crippen LogP contribution in [0.15, 0.2) is 24.3 Å². The second kappa shape index (κ2) is 11.1. The number of piperazine rings is 1. The summed E-state index contributed by atoms with van der Waals surface area (Å²) in [6.45, 7) is 8.23. The maximum absolute atomic E-state index is 11.6. The van der Waals surface area contributed by atoms with E-state index in [4.69, 9.17) is 10.00 Å². The van der Waals surface area contributed by atoms with E-state index >= 15 is 0 Å². The Hall–Kier alpha value is -2.26. The summed E-state index contributed by atoms with van der Waals surface area (Å²) in [4.78, 5) is 16.6. The lowest BCUT2D eigenvalue weighted by Crippen LogP contribution is -2.47. The Balaban J connectivity index is 1.34. The van der Waals surface area contributed by atoms with Crippen molar-refractivity contribution in [2.75, 3.05) is 44.2 Å². The minimum Gasteiger partial charge on any atom is -0.494 e. The van der Waals surface area contributed by atoms with Crippen LogP contribution in [0.3, 0.4) is 0 Å². The van der Waals surface area contributed by atoms with Crippen molar-refractivity contribution in [1.29, 1.82) is 5.26 Å². The lowest BCUT2D eigenvalue weighted by molar-refractivity contribution is -0.121. The number of benzene rings is 1. The summed E-state index contributed by atoms with van der Waals surface area (Å²) in [6, 6.07) is 10.6. The first-order chi connectivity index (χ1) is 14.2. The average molecular weight is 399 g/mol. The second-order valence-corrected chi connectivity index (χ2v) is 8.17. The minimum absolute atomic E-state index is 0.0260. The Morgan fingerprint density at radius 1 is 1.21 bits per heavy atom. The molecule has 1 saturated carbocycles. The van der Waals surface area contributed by atoms with Crippen molar-refractivity contribution < 1.29 is 9.53 Å². The molecule has 1 N–H and O–H groups in total. The zero-order chi connectivity index (χ0) is 20.5. The van der Waals surface area contributed by atoms with Gasteiger partial charge in [0.1, 0.15) is 12.2 Å². The maximum Gasteiger partial charge on any atom is 0.234 e. The smallest absolute Gasteiger partial charge is 0.234 e. The molecule has 1 saturated heterocycles. The molecule has 0 aromatic heterocycles. The van der Waals surface area contributed by atoms with Crippen molar-refractivity contribution in [3.63, 3.8) is 0 Å². The Labute approximate surface area is 174 Å². The van der Waals surface area contributed by atoms with Crippen molar-refractivity contribution in [2.24, 2.45) is 5.92 Å². The van der Waals surface area contributed by atoms with Crippen LogP contribution in [0.2, 0.25) is 0 Å². The van der Waals surface area contributed by atoms with Crippen LogP contribution in [-0.2, 0) is 4.79 Å². The molecule has 2 aliphatic rings. The summed E-state index contributed by atoms with van der Waals surface area (Å²) in [5.74, 6) is 1.59. The molecule has 1 aromatic carbocycles. The first-order valence-corrected chi connectivity index (χ1v) is 11.0. The number of hydrogen-bond acceptors (Lipinski definition) is 5. The van der Waals surface area contributed by atoms with E-state index in [0.717, 1.165) is 50.7 Å². The van der Waals surface area contributed by atoms with Crippen LogP contribution in [0.4, 0.5) is 5.69 Å². The maximum atomic E-state index is 11.6. The molecule has 1 aromatic rings. The second-order valence-electron chi connectivity index (χ2n) is 8.17. The van der Waals surface area contributed by atoms with E-state index in [1.807, 2.05) is 19.1 Å². The Kier molecular flexibility index (Phi) is 8.18. The van der Waals surface area contributed by atoms with Gasteiger partial charge in [-0.3, -0.25) is 9.69 Å². The first kappa shape index (κ1) is 21.4. The van der Waals surface area contributed by atoms with Crippen molar-refractivity contribution in [3.05, 3.63) is 24.3 Å². The number of carbonyl (C=O) groups excluding carboxylic acids is 1. The summed E-state index contributed by atoms with van der Waals surface area (Å²) in [5, 5.41) is 11.6. The first-order valence-electron chi connectivity index (χ1n) is 11.0. The van der Waals surface area contributed by atoms with Gasteiger partial charge in [0.2, 0.25) is 5.91 Å². The van der Waals surface area contributed by atoms with Gasteiger partial charge in [-0.2, -0.15) is 5.26 Å². The van der Waals surface area contributed by atoms with E-state index in [-0.39, 0.29) is 18.4 Å². The lowest BCUT2D eigenvalue weighted by Gasteiger charge is -2.37. The predicted octanol–water partition coefficient (Wildman–Crippen LogP) is 3.19. The summed E-state index contributed by atoms with van der Waals surface area (Å²) >= 11 is 0. The zero-order valence-electron chi connectivity index (χ0n) is 17.6. The van der Waals surface area contributed by atoms with E-state index in [1.165, 1.54) is 31.5 Å². The molecule has 29 heavy (non-hydrogen) atoms. The summed E-state index contributed by atoms with van der Waals surface area (Å²) in [6.07, 6.45) is 5.68. The molecule has 0 unspecified atom stereocenters. The van der Waals surface area contributed by atoms with Gasteiger partial charge in [0.15, 0.2) is 0 Å². The van der Waals surface area contributed by atoms with E-state index < -0.39 is 0 Å². The number of nitriles is 1. The summed E-state index contributed by atoms with van der Waals surface area (Å²) < 4.78 is 5.63. The quantitative estimate of drug-likeness (QED) is 0.728. The van der Waals surface area contributed by atoms with Gasteiger partial charge in [0, 0.05) is 44.0 Å². The number of rotatable bonds is 8. The molecule has 1 aliphatic heterocycles. The number of anilines is 1. The Morgan fingerprint density at radius 2 is 1.97 bits per heavy atom. The van der Waals surface area contributed by atoms with Crippen LogP contribution < -0.4 is 15.0 Å². The van der Waals surface area contributed by atoms with Crippen LogP contribution >= 0.6 is 0 Å². The van der Waals surface area contributed by atoms with Gasteiger partial charge in [-0.25, -0.2) is 0 Å². The third-order valence-electron chi connectivity index (χ3n) is 6.17. The SMILES string of the molecule is CCOc1cccc(N2CCN(CCC3CCC(NC(=O)CC#N)CC3)CC2)c1. The van der Waals surface area contributed by atoms with Crippen LogP contribution in [0.1, 0.15) is 45.4 Å². The number of ether oxygens (including phenoxy) is 1. The molecule has 6 heteroatoms. The van der Waals surface area contributed by atoms with Gasteiger partial charge in [0.25, 0.3) is 0 Å². The van der Waals surface area contributed by atoms with Gasteiger partial charge in [-0.05, 0) is 63.6 Å². The van der Waals surface area contributed by atoms with Crippen LogP contribution in [-0.4, -0.2) is 56.2 Å². The molecular formula is C23H34N4O2. The highest BCUT2D eigenvalue weighted by Gasteiger charge is 2.24. The molecule has 0 spiro atoms. The molecule has 0 radical (unpaired) electrons. The minimum atomic E-state index is -0.124. The van der Waals surface area contributed by atoms with Gasteiger partial charge in [-0.15, -0.1) is 0 Å². The van der Waals surface area contributed by atoms with Gasteiger partial charge < -0.3 is 15.0 Å². The average Bonchev–Trinajstić information content (AvgIpc) is 2.74. The molecule has 0 atom stereocenters. The van der Waals surface area contributed by atoms with Gasteiger partial charge >= 0.3 is 0 Å². The molecule has 6 nitrogen and oxygen atoms in total. The predicted molar refractivity (Wildman–Crippen MR) is 115 cm³/mol. The number of carbonyl (C=O) groups is 1. The monoisotopic (exact) mass is 398 g/mol. The normalized spacial score (nSPS) is 22.7. The summed E-state index contributed by atoms with van der Waals surface area (Å²) in [7, 11) is 0. The lowest BCUT2D eigenvalue weighted by atomic mass is 9.84. The molecule has 1 aliphatic carbocycles. The highest BCUT2D eigenvalue weighted by molar-refractivity contribution is 5.78.